The maximum Gasteiger partial charge on any atom is 0.306 e. The zero-order chi connectivity index (χ0) is 15.0. The number of carbonyl (C=O) groups is 2. The van der Waals surface area contributed by atoms with Gasteiger partial charge in [-0.3, -0.25) is 14.5 Å². The number of esters is 1. The van der Waals surface area contributed by atoms with Crippen LogP contribution in [0.25, 0.3) is 0 Å². The summed E-state index contributed by atoms with van der Waals surface area (Å²) >= 11 is 0. The molecule has 1 aromatic rings. The van der Waals surface area contributed by atoms with Gasteiger partial charge < -0.3 is 14.8 Å². The quantitative estimate of drug-likeness (QED) is 0.758. The molecule has 0 saturated heterocycles. The van der Waals surface area contributed by atoms with E-state index in [1.807, 2.05) is 0 Å². The molecule has 110 valence electrons. The first-order chi connectivity index (χ1) is 9.55. The van der Waals surface area contributed by atoms with E-state index in [0.29, 0.717) is 18.0 Å². The molecule has 0 unspecified atom stereocenters. The van der Waals surface area contributed by atoms with E-state index in [0.717, 1.165) is 0 Å². The van der Waals surface area contributed by atoms with Crippen molar-refractivity contribution in [3.63, 3.8) is 0 Å². The number of nitrogens with zero attached hydrogens (tertiary/aromatic N) is 1. The smallest absolute Gasteiger partial charge is 0.306 e. The van der Waals surface area contributed by atoms with Crippen molar-refractivity contribution in [2.75, 3.05) is 39.7 Å². The van der Waals surface area contributed by atoms with E-state index in [1.54, 1.807) is 43.3 Å². The Morgan fingerprint density at radius 2 is 2.05 bits per heavy atom. The molecule has 1 aromatic carbocycles. The fourth-order valence-corrected chi connectivity index (χ4v) is 1.61. The molecule has 0 saturated carbocycles. The Morgan fingerprint density at radius 1 is 1.30 bits per heavy atom. The molecule has 6 heteroatoms. The summed E-state index contributed by atoms with van der Waals surface area (Å²) in [5, 5.41) is 2.77. The molecule has 0 aliphatic heterocycles. The zero-order valence-corrected chi connectivity index (χ0v) is 12.0. The number of methoxy groups -OCH3 is 2. The molecule has 0 radical (unpaired) electrons. The number of nitrogens with one attached hydrogen (secondary N) is 1. The number of anilines is 1. The SMILES string of the molecule is COC(=O)CCN(C)CC(=O)Nc1cccc(OC)c1. The second kappa shape index (κ2) is 8.16. The van der Waals surface area contributed by atoms with Crippen LogP contribution in [0.4, 0.5) is 5.69 Å². The van der Waals surface area contributed by atoms with Crippen LogP contribution in [0.1, 0.15) is 6.42 Å². The van der Waals surface area contributed by atoms with Crippen molar-refractivity contribution in [2.24, 2.45) is 0 Å². The van der Waals surface area contributed by atoms with Crippen molar-refractivity contribution in [3.05, 3.63) is 24.3 Å². The molecule has 1 amide bonds. The van der Waals surface area contributed by atoms with E-state index in [9.17, 15) is 9.59 Å². The summed E-state index contributed by atoms with van der Waals surface area (Å²) in [4.78, 5) is 24.6. The number of likely N-dealkylation sites (N-methyl/N-ethyl adjacent to an activating group) is 1. The molecule has 0 aromatic heterocycles. The summed E-state index contributed by atoms with van der Waals surface area (Å²) in [5.41, 5.74) is 0.677. The Balaban J connectivity index is 2.40. The van der Waals surface area contributed by atoms with Gasteiger partial charge in [0.05, 0.1) is 27.2 Å². The van der Waals surface area contributed by atoms with Crippen LogP contribution < -0.4 is 10.1 Å². The predicted octanol–water partition coefficient (Wildman–Crippen LogP) is 1.13. The lowest BCUT2D eigenvalue weighted by atomic mass is 10.3. The van der Waals surface area contributed by atoms with Crippen LogP contribution in [0.2, 0.25) is 0 Å². The standard InChI is InChI=1S/C14H20N2O4/c1-16(8-7-14(18)20-3)10-13(17)15-11-5-4-6-12(9-11)19-2/h4-6,9H,7-8,10H2,1-3H3,(H,15,17). The summed E-state index contributed by atoms with van der Waals surface area (Å²) < 4.78 is 9.63. The van der Waals surface area contributed by atoms with E-state index < -0.39 is 0 Å². The van der Waals surface area contributed by atoms with E-state index >= 15 is 0 Å². The minimum Gasteiger partial charge on any atom is -0.497 e. The van der Waals surface area contributed by atoms with Crippen LogP contribution >= 0.6 is 0 Å². The molecule has 1 rings (SSSR count). The molecule has 0 fully saturated rings. The third-order valence-electron chi connectivity index (χ3n) is 2.69. The van der Waals surface area contributed by atoms with E-state index in [-0.39, 0.29) is 24.8 Å². The summed E-state index contributed by atoms with van der Waals surface area (Å²) in [7, 11) is 4.69. The third kappa shape index (κ3) is 5.71. The molecule has 0 bridgehead atoms. The molecule has 0 heterocycles. The maximum absolute atomic E-state index is 11.8. The number of carbonyl (C=O) groups excluding carboxylic acids is 2. The number of rotatable bonds is 7. The lowest BCUT2D eigenvalue weighted by Crippen LogP contribution is -2.31. The Morgan fingerprint density at radius 3 is 2.70 bits per heavy atom. The summed E-state index contributed by atoms with van der Waals surface area (Å²) in [6, 6.07) is 7.13. The van der Waals surface area contributed by atoms with Gasteiger partial charge >= 0.3 is 5.97 Å². The largest absolute Gasteiger partial charge is 0.497 e. The monoisotopic (exact) mass is 280 g/mol. The fourth-order valence-electron chi connectivity index (χ4n) is 1.61. The van der Waals surface area contributed by atoms with Crippen LogP contribution in [0.3, 0.4) is 0 Å². The summed E-state index contributed by atoms with van der Waals surface area (Å²) in [5.74, 6) is 0.248. The Kier molecular flexibility index (Phi) is 6.52. The van der Waals surface area contributed by atoms with Crippen molar-refractivity contribution in [3.8, 4) is 5.75 Å². The highest BCUT2D eigenvalue weighted by atomic mass is 16.5. The normalized spacial score (nSPS) is 10.2. The molecule has 0 aliphatic carbocycles. The van der Waals surface area contributed by atoms with Gasteiger partial charge in [0, 0.05) is 18.3 Å². The van der Waals surface area contributed by atoms with Crippen molar-refractivity contribution in [2.45, 2.75) is 6.42 Å². The van der Waals surface area contributed by atoms with Gasteiger partial charge in [0.15, 0.2) is 0 Å². The van der Waals surface area contributed by atoms with Crippen LogP contribution in [-0.4, -0.2) is 51.1 Å². The minimum atomic E-state index is -0.287. The molecule has 20 heavy (non-hydrogen) atoms. The van der Waals surface area contributed by atoms with Crippen molar-refractivity contribution in [1.82, 2.24) is 4.90 Å². The number of benzene rings is 1. The highest BCUT2D eigenvalue weighted by Crippen LogP contribution is 2.16. The van der Waals surface area contributed by atoms with Gasteiger partial charge in [0.25, 0.3) is 0 Å². The lowest BCUT2D eigenvalue weighted by molar-refractivity contribution is -0.141. The van der Waals surface area contributed by atoms with Gasteiger partial charge in [-0.1, -0.05) is 6.07 Å². The number of hydrogen-bond acceptors (Lipinski definition) is 5. The van der Waals surface area contributed by atoms with Gasteiger partial charge in [0.1, 0.15) is 5.75 Å². The highest BCUT2D eigenvalue weighted by Gasteiger charge is 2.09. The van der Waals surface area contributed by atoms with Crippen molar-refractivity contribution < 1.29 is 19.1 Å². The molecule has 0 aliphatic rings. The van der Waals surface area contributed by atoms with Gasteiger partial charge in [0.2, 0.25) is 5.91 Å². The lowest BCUT2D eigenvalue weighted by Gasteiger charge is -2.15. The van der Waals surface area contributed by atoms with Crippen molar-refractivity contribution >= 4 is 17.6 Å². The molecule has 0 atom stereocenters. The third-order valence-corrected chi connectivity index (χ3v) is 2.69. The first kappa shape index (κ1) is 16.0. The van der Waals surface area contributed by atoms with Gasteiger partial charge in [-0.2, -0.15) is 0 Å². The first-order valence-corrected chi connectivity index (χ1v) is 6.24. The van der Waals surface area contributed by atoms with E-state index in [1.165, 1.54) is 7.11 Å². The van der Waals surface area contributed by atoms with Crippen molar-refractivity contribution in [1.29, 1.82) is 0 Å². The van der Waals surface area contributed by atoms with E-state index in [4.69, 9.17) is 4.74 Å². The number of amides is 1. The topological polar surface area (TPSA) is 67.9 Å². The van der Waals surface area contributed by atoms with Gasteiger partial charge in [-0.05, 0) is 19.2 Å². The Bertz CT molecular complexity index is 462. The Labute approximate surface area is 118 Å². The summed E-state index contributed by atoms with van der Waals surface area (Å²) in [6.45, 7) is 0.673. The Hall–Kier alpha value is -2.08. The molecular formula is C14H20N2O4. The average molecular weight is 280 g/mol. The van der Waals surface area contributed by atoms with Gasteiger partial charge in [-0.25, -0.2) is 0 Å². The zero-order valence-electron chi connectivity index (χ0n) is 12.0. The van der Waals surface area contributed by atoms with Crippen LogP contribution in [0, 0.1) is 0 Å². The van der Waals surface area contributed by atoms with E-state index in [2.05, 4.69) is 10.1 Å². The molecule has 0 spiro atoms. The van der Waals surface area contributed by atoms with Crippen LogP contribution in [0.15, 0.2) is 24.3 Å². The second-order valence-electron chi connectivity index (χ2n) is 4.34. The molecular weight excluding hydrogens is 260 g/mol. The van der Waals surface area contributed by atoms with Crippen LogP contribution in [-0.2, 0) is 14.3 Å². The number of ether oxygens (including phenoxy) is 2. The van der Waals surface area contributed by atoms with Crippen LogP contribution in [0.5, 0.6) is 5.75 Å². The maximum atomic E-state index is 11.8. The second-order valence-corrected chi connectivity index (χ2v) is 4.34. The average Bonchev–Trinajstić information content (AvgIpc) is 2.44. The van der Waals surface area contributed by atoms with Gasteiger partial charge in [-0.15, -0.1) is 0 Å². The minimum absolute atomic E-state index is 0.148. The first-order valence-electron chi connectivity index (χ1n) is 6.24. The molecule has 1 N–H and O–H groups in total. The fraction of sp³-hybridized carbons (Fsp3) is 0.429. The molecule has 6 nitrogen and oxygen atoms in total. The predicted molar refractivity (Wildman–Crippen MR) is 75.8 cm³/mol. The highest BCUT2D eigenvalue weighted by molar-refractivity contribution is 5.92. The number of hydrogen-bond donors (Lipinski definition) is 1. The summed E-state index contributed by atoms with van der Waals surface area (Å²) in [6.07, 6.45) is 0.263.